The van der Waals surface area contributed by atoms with Gasteiger partial charge in [-0.15, -0.1) is 0 Å². The number of esters is 2. The van der Waals surface area contributed by atoms with Crippen molar-refractivity contribution in [3.05, 3.63) is 93.8 Å². The Hall–Kier alpha value is -3.18. The summed E-state index contributed by atoms with van der Waals surface area (Å²) in [4.78, 5) is 28.8. The highest BCUT2D eigenvalue weighted by atomic mass is 16.6. The van der Waals surface area contributed by atoms with E-state index in [1.165, 1.54) is 16.7 Å². The third-order valence-corrected chi connectivity index (χ3v) is 12.2. The molecule has 2 heterocycles. The maximum Gasteiger partial charge on any atom is 0.339 e. The Labute approximate surface area is 255 Å². The molecule has 1 saturated heterocycles. The molecule has 224 valence electrons. The molecular weight excluding hydrogens is 534 g/mol. The third-order valence-electron chi connectivity index (χ3n) is 12.2. The SMILES string of the molecule is CCCC=C1OC(=O)C23C4=C(CCC12C1(OC(=O)c2c(CCCN)cccc21)C3CCC)C1C=CCC2CC=CC(=C4)C21. The quantitative estimate of drug-likeness (QED) is 0.270. The monoisotopic (exact) mass is 577 g/mol. The van der Waals surface area contributed by atoms with Gasteiger partial charge >= 0.3 is 11.9 Å². The number of hydrogen-bond acceptors (Lipinski definition) is 5. The van der Waals surface area contributed by atoms with Crippen LogP contribution in [0.2, 0.25) is 0 Å². The second kappa shape index (κ2) is 9.66. The highest BCUT2D eigenvalue weighted by Crippen LogP contribution is 2.86. The lowest BCUT2D eigenvalue weighted by molar-refractivity contribution is -0.275. The van der Waals surface area contributed by atoms with E-state index in [-0.39, 0.29) is 17.9 Å². The first-order valence-corrected chi connectivity index (χ1v) is 16.8. The molecule has 0 aromatic heterocycles. The van der Waals surface area contributed by atoms with Gasteiger partial charge in [-0.2, -0.15) is 0 Å². The predicted octanol–water partition coefficient (Wildman–Crippen LogP) is 7.39. The van der Waals surface area contributed by atoms with Crippen LogP contribution in [0.5, 0.6) is 0 Å². The number of cyclic esters (lactones) is 1. The summed E-state index contributed by atoms with van der Waals surface area (Å²) in [7, 11) is 0. The van der Waals surface area contributed by atoms with Crippen LogP contribution >= 0.6 is 0 Å². The van der Waals surface area contributed by atoms with Crippen molar-refractivity contribution in [1.29, 1.82) is 0 Å². The van der Waals surface area contributed by atoms with Gasteiger partial charge in [-0.1, -0.05) is 80.8 Å². The van der Waals surface area contributed by atoms with E-state index in [9.17, 15) is 9.59 Å². The summed E-state index contributed by atoms with van der Waals surface area (Å²) < 4.78 is 13.3. The van der Waals surface area contributed by atoms with Crippen LogP contribution in [-0.2, 0) is 26.3 Å². The third kappa shape index (κ3) is 3.08. The van der Waals surface area contributed by atoms with Crippen LogP contribution in [0.25, 0.3) is 0 Å². The molecule has 2 N–H and O–H groups in total. The Kier molecular flexibility index (Phi) is 6.15. The largest absolute Gasteiger partial charge is 0.449 e. The first-order valence-electron chi connectivity index (χ1n) is 16.8. The molecule has 1 aromatic carbocycles. The van der Waals surface area contributed by atoms with E-state index >= 15 is 0 Å². The Balaban J connectivity index is 1.41. The smallest absolute Gasteiger partial charge is 0.339 e. The maximum atomic E-state index is 14.8. The fourth-order valence-corrected chi connectivity index (χ4v) is 10.9. The van der Waals surface area contributed by atoms with Crippen molar-refractivity contribution in [1.82, 2.24) is 0 Å². The first-order chi connectivity index (χ1) is 21.0. The van der Waals surface area contributed by atoms with Gasteiger partial charge in [-0.25, -0.2) is 4.79 Å². The summed E-state index contributed by atoms with van der Waals surface area (Å²) in [5, 5.41) is 0. The molecule has 7 aliphatic rings. The van der Waals surface area contributed by atoms with Gasteiger partial charge in [-0.05, 0) is 92.5 Å². The second-order valence-corrected chi connectivity index (χ2v) is 13.9. The molecule has 1 spiro atoms. The van der Waals surface area contributed by atoms with Gasteiger partial charge < -0.3 is 15.2 Å². The summed E-state index contributed by atoms with van der Waals surface area (Å²) >= 11 is 0. The molecular formula is C38H43NO4. The molecule has 7 unspecified atom stereocenters. The number of carbonyl (C=O) groups is 2. The van der Waals surface area contributed by atoms with Crippen molar-refractivity contribution in [2.24, 2.45) is 40.2 Å². The van der Waals surface area contributed by atoms with E-state index in [0.717, 1.165) is 81.1 Å². The molecule has 5 nitrogen and oxygen atoms in total. The zero-order valence-electron chi connectivity index (χ0n) is 25.5. The summed E-state index contributed by atoms with van der Waals surface area (Å²) in [6.45, 7) is 4.90. The van der Waals surface area contributed by atoms with Crippen LogP contribution in [0.4, 0.5) is 0 Å². The second-order valence-electron chi connectivity index (χ2n) is 13.9. The van der Waals surface area contributed by atoms with E-state index in [2.05, 4.69) is 62.4 Å². The zero-order valence-corrected chi connectivity index (χ0v) is 25.5. The highest BCUT2D eigenvalue weighted by molar-refractivity contribution is 6.00. The Morgan fingerprint density at radius 2 is 1.98 bits per heavy atom. The number of ether oxygens (including phenoxy) is 2. The first kappa shape index (κ1) is 27.4. The molecule has 0 radical (unpaired) electrons. The topological polar surface area (TPSA) is 78.6 Å². The fraction of sp³-hybridized carbons (Fsp3) is 0.526. The zero-order chi connectivity index (χ0) is 29.6. The summed E-state index contributed by atoms with van der Waals surface area (Å²) in [6, 6.07) is 6.22. The number of unbranched alkanes of at least 4 members (excludes halogenated alkanes) is 1. The highest BCUT2D eigenvalue weighted by Gasteiger charge is 2.92. The number of hydrogen-bond donors (Lipinski definition) is 1. The van der Waals surface area contributed by atoms with Crippen LogP contribution in [0.15, 0.2) is 77.1 Å². The molecule has 2 aliphatic heterocycles. The Morgan fingerprint density at radius 1 is 1.12 bits per heavy atom. The van der Waals surface area contributed by atoms with Gasteiger partial charge in [0.15, 0.2) is 5.60 Å². The van der Waals surface area contributed by atoms with Crippen molar-refractivity contribution in [3.8, 4) is 0 Å². The van der Waals surface area contributed by atoms with Gasteiger partial charge in [0.25, 0.3) is 0 Å². The molecule has 1 saturated carbocycles. The maximum absolute atomic E-state index is 14.8. The Morgan fingerprint density at radius 3 is 2.79 bits per heavy atom. The van der Waals surface area contributed by atoms with E-state index in [4.69, 9.17) is 15.2 Å². The lowest BCUT2D eigenvalue weighted by atomic mass is 9.29. The number of aryl methyl sites for hydroxylation is 1. The number of allylic oxidation sites excluding steroid dienone is 8. The average Bonchev–Trinajstić information content (AvgIpc) is 3.47. The van der Waals surface area contributed by atoms with Gasteiger partial charge in [0.05, 0.1) is 11.0 Å². The van der Waals surface area contributed by atoms with Crippen LogP contribution in [-0.4, -0.2) is 18.5 Å². The van der Waals surface area contributed by atoms with Crippen molar-refractivity contribution in [2.45, 2.75) is 83.7 Å². The van der Waals surface area contributed by atoms with E-state index in [1.54, 1.807) is 0 Å². The predicted molar refractivity (Wildman–Crippen MR) is 166 cm³/mol. The average molecular weight is 578 g/mol. The van der Waals surface area contributed by atoms with Crippen molar-refractivity contribution >= 4 is 11.9 Å². The van der Waals surface area contributed by atoms with E-state index in [0.29, 0.717) is 29.9 Å². The number of fused-ring (bicyclic) bond motifs is 3. The number of carbonyl (C=O) groups excluding carboxylic acids is 2. The van der Waals surface area contributed by atoms with Crippen LogP contribution in [0.1, 0.15) is 93.1 Å². The van der Waals surface area contributed by atoms with Crippen molar-refractivity contribution < 1.29 is 19.1 Å². The normalized spacial score (nSPS) is 38.6. The van der Waals surface area contributed by atoms with Gasteiger partial charge in [0, 0.05) is 17.4 Å². The lowest BCUT2D eigenvalue weighted by Crippen LogP contribution is -2.76. The minimum Gasteiger partial charge on any atom is -0.449 e. The minimum atomic E-state index is -0.929. The molecule has 7 atom stereocenters. The van der Waals surface area contributed by atoms with Crippen LogP contribution < -0.4 is 5.73 Å². The van der Waals surface area contributed by atoms with Gasteiger partial charge in [0.2, 0.25) is 0 Å². The van der Waals surface area contributed by atoms with Gasteiger partial charge in [-0.3, -0.25) is 4.79 Å². The fourth-order valence-electron chi connectivity index (χ4n) is 10.9. The molecule has 43 heavy (non-hydrogen) atoms. The van der Waals surface area contributed by atoms with Gasteiger partial charge in [0.1, 0.15) is 11.2 Å². The summed E-state index contributed by atoms with van der Waals surface area (Å²) in [6.07, 6.45) is 22.8. The number of nitrogens with two attached hydrogens (primary N) is 1. The summed E-state index contributed by atoms with van der Waals surface area (Å²) in [5.74, 6) is 1.57. The lowest BCUT2D eigenvalue weighted by Gasteiger charge is -2.71. The van der Waals surface area contributed by atoms with E-state index < -0.39 is 16.4 Å². The number of benzene rings is 1. The molecule has 2 fully saturated rings. The Bertz CT molecular complexity index is 1580. The molecule has 5 heteroatoms. The minimum absolute atomic E-state index is 0.138. The van der Waals surface area contributed by atoms with Crippen LogP contribution in [0.3, 0.4) is 0 Å². The standard InChI is InChI=1S/C38H43NO4/c1-3-5-18-31-36-20-19-26-27-16-7-12-23-11-6-14-25(32(23)27)22-29(26)37(36,35(41)42-31)30(10-4-2)38(36)28-17-8-13-24(15-9-21-39)33(28)34(40)43-38/h6-8,13-14,16-18,22-23,27,30,32H,3-5,9-12,15,19-21,39H2,1-2H3. The molecule has 0 bridgehead atoms. The van der Waals surface area contributed by atoms with Crippen molar-refractivity contribution in [2.75, 3.05) is 6.54 Å². The molecule has 1 aromatic rings. The van der Waals surface area contributed by atoms with E-state index in [1.807, 2.05) is 6.07 Å². The van der Waals surface area contributed by atoms with Crippen LogP contribution in [0, 0.1) is 34.5 Å². The molecule has 0 amide bonds. The molecule has 8 rings (SSSR count). The summed E-state index contributed by atoms with van der Waals surface area (Å²) in [5.41, 5.74) is 9.96. The number of rotatable bonds is 7. The molecule has 5 aliphatic carbocycles. The van der Waals surface area contributed by atoms with Crippen molar-refractivity contribution in [3.63, 3.8) is 0 Å².